The van der Waals surface area contributed by atoms with Gasteiger partial charge in [0.15, 0.2) is 5.82 Å². The predicted octanol–water partition coefficient (Wildman–Crippen LogP) is 1.51. The van der Waals surface area contributed by atoms with Crippen molar-refractivity contribution in [2.24, 2.45) is 12.8 Å². The fourth-order valence-electron chi connectivity index (χ4n) is 1.72. The Morgan fingerprint density at radius 1 is 1.47 bits per heavy atom. The predicted molar refractivity (Wildman–Crippen MR) is 69.9 cm³/mol. The second kappa shape index (κ2) is 4.33. The molecule has 0 amide bonds. The number of nitrogens with two attached hydrogens (primary N) is 1. The lowest BCUT2D eigenvalue weighted by Gasteiger charge is -2.28. The summed E-state index contributed by atoms with van der Waals surface area (Å²) in [5.41, 5.74) is 7.62. The Morgan fingerprint density at radius 2 is 2.24 bits per heavy atom. The third kappa shape index (κ3) is 2.10. The molecule has 0 aromatic carbocycles. The van der Waals surface area contributed by atoms with Crippen LogP contribution in [0.4, 0.5) is 5.82 Å². The second-order valence-electron chi connectivity index (χ2n) is 4.63. The molecule has 1 atom stereocenters. The lowest BCUT2D eigenvalue weighted by Crippen LogP contribution is -2.42. The number of pyridine rings is 1. The van der Waals surface area contributed by atoms with Gasteiger partial charge in [0.25, 0.3) is 0 Å². The van der Waals surface area contributed by atoms with Crippen LogP contribution in [0.3, 0.4) is 0 Å². The first-order valence-electron chi connectivity index (χ1n) is 5.84. The zero-order valence-corrected chi connectivity index (χ0v) is 10.6. The molecule has 17 heavy (non-hydrogen) atoms. The van der Waals surface area contributed by atoms with Crippen molar-refractivity contribution < 1.29 is 0 Å². The molecule has 0 fully saturated rings. The molecule has 0 spiro atoms. The molecule has 0 saturated heterocycles. The average Bonchev–Trinajstić information content (AvgIpc) is 2.72. The highest BCUT2D eigenvalue weighted by molar-refractivity contribution is 5.86. The third-order valence-corrected chi connectivity index (χ3v) is 3.29. The van der Waals surface area contributed by atoms with E-state index in [9.17, 15) is 0 Å². The highest BCUT2D eigenvalue weighted by Gasteiger charge is 2.21. The highest BCUT2D eigenvalue weighted by atomic mass is 15.1. The number of nitrogens with one attached hydrogen (secondary N) is 1. The van der Waals surface area contributed by atoms with Gasteiger partial charge in [0.2, 0.25) is 0 Å². The molecule has 0 aliphatic rings. The summed E-state index contributed by atoms with van der Waals surface area (Å²) in [7, 11) is 1.97. The largest absolute Gasteiger partial charge is 0.362 e. The van der Waals surface area contributed by atoms with Gasteiger partial charge in [-0.1, -0.05) is 6.92 Å². The van der Waals surface area contributed by atoms with Crippen LogP contribution in [0.2, 0.25) is 0 Å². The summed E-state index contributed by atoms with van der Waals surface area (Å²) < 4.78 is 1.98. The molecule has 0 bridgehead atoms. The first kappa shape index (κ1) is 11.9. The Balaban J connectivity index is 2.42. The minimum atomic E-state index is -0.140. The number of nitrogens with zero attached hydrogens (tertiary/aromatic N) is 3. The summed E-state index contributed by atoms with van der Waals surface area (Å²) in [6.07, 6.45) is 4.52. The van der Waals surface area contributed by atoms with E-state index in [1.807, 2.05) is 17.7 Å². The van der Waals surface area contributed by atoms with Gasteiger partial charge in [0, 0.05) is 25.3 Å². The SMILES string of the molecule is CCC(C)(CN)Nc1nccc2c1ncn2C. The van der Waals surface area contributed by atoms with Crippen LogP contribution in [-0.4, -0.2) is 26.6 Å². The highest BCUT2D eigenvalue weighted by Crippen LogP contribution is 2.22. The molecule has 2 aromatic heterocycles. The fourth-order valence-corrected chi connectivity index (χ4v) is 1.72. The Hall–Kier alpha value is -1.62. The molecule has 2 rings (SSSR count). The maximum absolute atomic E-state index is 5.80. The summed E-state index contributed by atoms with van der Waals surface area (Å²) in [5, 5.41) is 3.40. The van der Waals surface area contributed by atoms with Crippen molar-refractivity contribution in [1.82, 2.24) is 14.5 Å². The molecule has 5 heteroatoms. The lowest BCUT2D eigenvalue weighted by atomic mass is 9.99. The summed E-state index contributed by atoms with van der Waals surface area (Å²) >= 11 is 0. The summed E-state index contributed by atoms with van der Waals surface area (Å²) in [4.78, 5) is 8.73. The Labute approximate surface area is 101 Å². The quantitative estimate of drug-likeness (QED) is 0.840. The van der Waals surface area contributed by atoms with Crippen molar-refractivity contribution in [3.05, 3.63) is 18.6 Å². The zero-order chi connectivity index (χ0) is 12.5. The molecular weight excluding hydrogens is 214 g/mol. The van der Waals surface area contributed by atoms with Crippen LogP contribution in [-0.2, 0) is 7.05 Å². The second-order valence-corrected chi connectivity index (χ2v) is 4.63. The van der Waals surface area contributed by atoms with Crippen LogP contribution in [0.25, 0.3) is 11.0 Å². The molecule has 5 nitrogen and oxygen atoms in total. The van der Waals surface area contributed by atoms with E-state index in [1.54, 1.807) is 12.5 Å². The van der Waals surface area contributed by atoms with Crippen LogP contribution in [0.5, 0.6) is 0 Å². The first-order chi connectivity index (χ1) is 8.09. The summed E-state index contributed by atoms with van der Waals surface area (Å²) in [6.45, 7) is 4.77. The number of hydrogen-bond donors (Lipinski definition) is 2. The van der Waals surface area contributed by atoms with Crippen molar-refractivity contribution in [2.75, 3.05) is 11.9 Å². The van der Waals surface area contributed by atoms with E-state index < -0.39 is 0 Å². The summed E-state index contributed by atoms with van der Waals surface area (Å²) in [5.74, 6) is 0.804. The number of rotatable bonds is 4. The van der Waals surface area contributed by atoms with Crippen molar-refractivity contribution >= 4 is 16.9 Å². The monoisotopic (exact) mass is 233 g/mol. The van der Waals surface area contributed by atoms with Gasteiger partial charge in [0.05, 0.1) is 11.8 Å². The molecule has 0 saturated carbocycles. The molecule has 2 aromatic rings. The maximum atomic E-state index is 5.80. The number of imidazole rings is 1. The maximum Gasteiger partial charge on any atom is 0.154 e. The van der Waals surface area contributed by atoms with E-state index in [-0.39, 0.29) is 5.54 Å². The standard InChI is InChI=1S/C12H19N5/c1-4-12(2,7-13)16-11-10-9(5-6-14-11)17(3)8-15-10/h5-6,8H,4,7,13H2,1-3H3,(H,14,16). The van der Waals surface area contributed by atoms with Crippen molar-refractivity contribution in [3.63, 3.8) is 0 Å². The number of aromatic nitrogens is 3. The van der Waals surface area contributed by atoms with Gasteiger partial charge < -0.3 is 15.6 Å². The van der Waals surface area contributed by atoms with Crippen molar-refractivity contribution in [3.8, 4) is 0 Å². The van der Waals surface area contributed by atoms with Crippen LogP contribution in [0.1, 0.15) is 20.3 Å². The van der Waals surface area contributed by atoms with Crippen molar-refractivity contribution in [2.45, 2.75) is 25.8 Å². The van der Waals surface area contributed by atoms with Gasteiger partial charge >= 0.3 is 0 Å². The van der Waals surface area contributed by atoms with Gasteiger partial charge in [-0.3, -0.25) is 0 Å². The van der Waals surface area contributed by atoms with Gasteiger partial charge in [-0.25, -0.2) is 9.97 Å². The molecule has 92 valence electrons. The number of anilines is 1. The minimum absolute atomic E-state index is 0.140. The van der Waals surface area contributed by atoms with E-state index in [4.69, 9.17) is 5.73 Å². The molecule has 2 heterocycles. The lowest BCUT2D eigenvalue weighted by molar-refractivity contribution is 0.505. The normalized spacial score (nSPS) is 14.8. The molecule has 0 radical (unpaired) electrons. The molecule has 0 aliphatic heterocycles. The molecule has 1 unspecified atom stereocenters. The van der Waals surface area contributed by atoms with Gasteiger partial charge in [0.1, 0.15) is 5.52 Å². The van der Waals surface area contributed by atoms with Crippen LogP contribution >= 0.6 is 0 Å². The zero-order valence-electron chi connectivity index (χ0n) is 10.6. The number of fused-ring (bicyclic) bond motifs is 1. The first-order valence-corrected chi connectivity index (χ1v) is 5.84. The van der Waals surface area contributed by atoms with E-state index in [1.165, 1.54) is 0 Å². The molecular formula is C12H19N5. The van der Waals surface area contributed by atoms with E-state index in [0.29, 0.717) is 6.54 Å². The van der Waals surface area contributed by atoms with Crippen LogP contribution in [0, 0.1) is 0 Å². The Morgan fingerprint density at radius 3 is 2.88 bits per heavy atom. The fraction of sp³-hybridized carbons (Fsp3) is 0.500. The van der Waals surface area contributed by atoms with E-state index in [0.717, 1.165) is 23.3 Å². The summed E-state index contributed by atoms with van der Waals surface area (Å²) in [6, 6.07) is 1.96. The van der Waals surface area contributed by atoms with Crippen LogP contribution in [0.15, 0.2) is 18.6 Å². The molecule has 0 aliphatic carbocycles. The minimum Gasteiger partial charge on any atom is -0.362 e. The van der Waals surface area contributed by atoms with Gasteiger partial charge in [-0.15, -0.1) is 0 Å². The topological polar surface area (TPSA) is 68.8 Å². The van der Waals surface area contributed by atoms with Gasteiger partial charge in [-0.2, -0.15) is 0 Å². The van der Waals surface area contributed by atoms with E-state index >= 15 is 0 Å². The Bertz CT molecular complexity index is 513. The van der Waals surface area contributed by atoms with Crippen LogP contribution < -0.4 is 11.1 Å². The third-order valence-electron chi connectivity index (χ3n) is 3.29. The number of hydrogen-bond acceptors (Lipinski definition) is 4. The average molecular weight is 233 g/mol. The smallest absolute Gasteiger partial charge is 0.154 e. The Kier molecular flexibility index (Phi) is 3.02. The molecule has 3 N–H and O–H groups in total. The number of aryl methyl sites for hydroxylation is 1. The van der Waals surface area contributed by atoms with Gasteiger partial charge in [-0.05, 0) is 19.4 Å². The van der Waals surface area contributed by atoms with E-state index in [2.05, 4.69) is 29.1 Å². The van der Waals surface area contributed by atoms with Crippen molar-refractivity contribution in [1.29, 1.82) is 0 Å².